The zero-order valence-electron chi connectivity index (χ0n) is 20.3. The van der Waals surface area contributed by atoms with Crippen molar-refractivity contribution in [3.63, 3.8) is 0 Å². The Balaban J connectivity index is 1.44. The van der Waals surface area contributed by atoms with Gasteiger partial charge in [0.1, 0.15) is 5.75 Å². The maximum absolute atomic E-state index is 14.2. The summed E-state index contributed by atoms with van der Waals surface area (Å²) in [5.41, 5.74) is 0.786. The summed E-state index contributed by atoms with van der Waals surface area (Å²) in [6, 6.07) is 16.2. The third kappa shape index (κ3) is 4.85. The van der Waals surface area contributed by atoms with E-state index in [0.717, 1.165) is 50.9 Å². The minimum atomic E-state index is -3.97. The maximum atomic E-state index is 14.2. The number of piperidine rings is 1. The minimum Gasteiger partial charge on any atom is -0.425 e. The van der Waals surface area contributed by atoms with Crippen LogP contribution in [0.15, 0.2) is 59.5 Å². The number of nitrogens with one attached hydrogen (secondary N) is 2. The van der Waals surface area contributed by atoms with Crippen LogP contribution in [0.1, 0.15) is 64.2 Å². The van der Waals surface area contributed by atoms with Gasteiger partial charge in [-0.2, -0.15) is 0 Å². The summed E-state index contributed by atoms with van der Waals surface area (Å²) in [5.74, 6) is -0.270. The minimum absolute atomic E-state index is 0.142. The van der Waals surface area contributed by atoms with Crippen LogP contribution in [0.5, 0.6) is 5.75 Å². The maximum Gasteiger partial charge on any atom is 0.333 e. The summed E-state index contributed by atoms with van der Waals surface area (Å²) in [6.07, 6.45) is 9.13. The average molecular weight is 497 g/mol. The van der Waals surface area contributed by atoms with Crippen molar-refractivity contribution >= 4 is 21.5 Å². The van der Waals surface area contributed by atoms with Crippen LogP contribution in [0.3, 0.4) is 0 Å². The summed E-state index contributed by atoms with van der Waals surface area (Å²) in [7, 11) is -3.97. The monoisotopic (exact) mass is 496 g/mol. The van der Waals surface area contributed by atoms with Crippen molar-refractivity contribution in [3.8, 4) is 5.75 Å². The molecule has 188 valence electrons. The lowest BCUT2D eigenvalue weighted by molar-refractivity contribution is -0.137. The number of carbonyl (C=O) groups is 1. The normalized spacial score (nSPS) is 24.8. The lowest BCUT2D eigenvalue weighted by atomic mass is 9.77. The average Bonchev–Trinajstić information content (AvgIpc) is 3.26. The predicted molar refractivity (Wildman–Crippen MR) is 137 cm³/mol. The second kappa shape index (κ2) is 9.94. The molecule has 2 aromatic rings. The molecule has 0 radical (unpaired) electrons. The van der Waals surface area contributed by atoms with Gasteiger partial charge in [-0.15, -0.1) is 0 Å². The first kappa shape index (κ1) is 24.3. The van der Waals surface area contributed by atoms with Crippen LogP contribution < -0.4 is 15.4 Å². The van der Waals surface area contributed by atoms with E-state index in [2.05, 4.69) is 10.6 Å². The fourth-order valence-electron chi connectivity index (χ4n) is 6.27. The second-order valence-electron chi connectivity index (χ2n) is 10.6. The first-order valence-corrected chi connectivity index (χ1v) is 14.5. The highest BCUT2D eigenvalue weighted by molar-refractivity contribution is 7.93. The first-order chi connectivity index (χ1) is 16.9. The third-order valence-corrected chi connectivity index (χ3v) is 10.8. The number of esters is 1. The first-order valence-electron chi connectivity index (χ1n) is 13.0. The molecule has 1 atom stereocenters. The standard InChI is InChI=1S/C28H36N2O4S/c31-26(34-24-9-5-2-6-10-24)28(16-15-27(21-28)17-19-29-20-18-27)35(32,33)25-13-11-23(12-14-25)30-22-7-3-1-4-8-22/h2,5-6,9-14,22,29-30H,1,3-4,7-8,15-21H2. The molecule has 2 aliphatic carbocycles. The molecule has 0 amide bonds. The Morgan fingerprint density at radius 2 is 1.57 bits per heavy atom. The lowest BCUT2D eigenvalue weighted by Crippen LogP contribution is -2.48. The molecular weight excluding hydrogens is 460 g/mol. The van der Waals surface area contributed by atoms with Crippen molar-refractivity contribution in [1.82, 2.24) is 5.32 Å². The molecule has 6 nitrogen and oxygen atoms in total. The van der Waals surface area contributed by atoms with Crippen LogP contribution in [0.2, 0.25) is 0 Å². The van der Waals surface area contributed by atoms with Gasteiger partial charge >= 0.3 is 5.97 Å². The van der Waals surface area contributed by atoms with E-state index in [0.29, 0.717) is 24.6 Å². The lowest BCUT2D eigenvalue weighted by Gasteiger charge is -2.36. The zero-order chi connectivity index (χ0) is 24.4. The van der Waals surface area contributed by atoms with E-state index in [1.54, 1.807) is 36.4 Å². The molecule has 0 aromatic heterocycles. The molecule has 1 saturated heterocycles. The van der Waals surface area contributed by atoms with E-state index in [9.17, 15) is 13.2 Å². The molecule has 35 heavy (non-hydrogen) atoms. The Kier molecular flexibility index (Phi) is 6.91. The van der Waals surface area contributed by atoms with Crippen LogP contribution >= 0.6 is 0 Å². The molecule has 0 bridgehead atoms. The number of ether oxygens (including phenoxy) is 1. The summed E-state index contributed by atoms with van der Waals surface area (Å²) in [6.45, 7) is 1.71. The quantitative estimate of drug-likeness (QED) is 0.427. The number of sulfone groups is 1. The number of anilines is 1. The Bertz CT molecular complexity index is 1120. The molecular formula is C28H36N2O4S. The highest BCUT2D eigenvalue weighted by Crippen LogP contribution is 2.54. The molecule has 1 unspecified atom stereocenters. The number of carbonyl (C=O) groups excluding carboxylic acids is 1. The Morgan fingerprint density at radius 1 is 0.886 bits per heavy atom. The van der Waals surface area contributed by atoms with E-state index in [-0.39, 0.29) is 10.3 Å². The molecule has 2 saturated carbocycles. The van der Waals surface area contributed by atoms with E-state index < -0.39 is 20.6 Å². The van der Waals surface area contributed by atoms with Gasteiger partial charge in [0.25, 0.3) is 0 Å². The topological polar surface area (TPSA) is 84.5 Å². The summed E-state index contributed by atoms with van der Waals surface area (Å²) >= 11 is 0. The van der Waals surface area contributed by atoms with Crippen molar-refractivity contribution in [3.05, 3.63) is 54.6 Å². The van der Waals surface area contributed by atoms with Gasteiger partial charge in [-0.1, -0.05) is 37.5 Å². The molecule has 1 heterocycles. The predicted octanol–water partition coefficient (Wildman–Crippen LogP) is 5.10. The van der Waals surface area contributed by atoms with E-state index in [1.807, 2.05) is 18.2 Å². The van der Waals surface area contributed by atoms with Gasteiger partial charge in [-0.3, -0.25) is 0 Å². The van der Waals surface area contributed by atoms with Crippen LogP contribution in [0.25, 0.3) is 0 Å². The second-order valence-corrected chi connectivity index (χ2v) is 12.9. The van der Waals surface area contributed by atoms with Crippen LogP contribution in [0, 0.1) is 5.41 Å². The van der Waals surface area contributed by atoms with Crippen molar-refractivity contribution in [2.45, 2.75) is 79.9 Å². The molecule has 1 aliphatic heterocycles. The summed E-state index contributed by atoms with van der Waals surface area (Å²) < 4.78 is 32.5. The molecule has 5 rings (SSSR count). The number of rotatable bonds is 6. The van der Waals surface area contributed by atoms with Gasteiger partial charge in [0, 0.05) is 11.7 Å². The summed E-state index contributed by atoms with van der Waals surface area (Å²) in [4.78, 5) is 13.9. The summed E-state index contributed by atoms with van der Waals surface area (Å²) in [5, 5.41) is 6.92. The SMILES string of the molecule is O=C(Oc1ccccc1)C1(S(=O)(=O)c2ccc(NC3CCCCC3)cc2)CCC2(CCNCC2)C1. The van der Waals surface area contributed by atoms with Gasteiger partial charge in [0.2, 0.25) is 0 Å². The Hall–Kier alpha value is -2.38. The fourth-order valence-corrected chi connectivity index (χ4v) is 8.35. The number of hydrogen-bond donors (Lipinski definition) is 2. The van der Waals surface area contributed by atoms with Crippen molar-refractivity contribution in [2.24, 2.45) is 5.41 Å². The van der Waals surface area contributed by atoms with Crippen molar-refractivity contribution in [2.75, 3.05) is 18.4 Å². The molecule has 7 heteroatoms. The smallest absolute Gasteiger partial charge is 0.333 e. The van der Waals surface area contributed by atoms with E-state index in [4.69, 9.17) is 4.74 Å². The molecule has 1 spiro atoms. The van der Waals surface area contributed by atoms with Gasteiger partial charge in [-0.25, -0.2) is 13.2 Å². The Morgan fingerprint density at radius 3 is 2.26 bits per heavy atom. The van der Waals surface area contributed by atoms with E-state index in [1.165, 1.54) is 19.3 Å². The van der Waals surface area contributed by atoms with Gasteiger partial charge < -0.3 is 15.4 Å². The Labute approximate surface area is 208 Å². The molecule has 2 aromatic carbocycles. The number of hydrogen-bond acceptors (Lipinski definition) is 6. The molecule has 3 aliphatic rings. The number of para-hydroxylation sites is 1. The van der Waals surface area contributed by atoms with Crippen LogP contribution in [0.4, 0.5) is 5.69 Å². The van der Waals surface area contributed by atoms with Gasteiger partial charge in [-0.05, 0) is 99.8 Å². The van der Waals surface area contributed by atoms with Gasteiger partial charge in [0.05, 0.1) is 4.90 Å². The van der Waals surface area contributed by atoms with Crippen molar-refractivity contribution < 1.29 is 17.9 Å². The zero-order valence-corrected chi connectivity index (χ0v) is 21.1. The van der Waals surface area contributed by atoms with Crippen LogP contribution in [-0.4, -0.2) is 38.3 Å². The third-order valence-electron chi connectivity index (χ3n) is 8.36. The van der Waals surface area contributed by atoms with Crippen LogP contribution in [-0.2, 0) is 14.6 Å². The van der Waals surface area contributed by atoms with Crippen molar-refractivity contribution in [1.29, 1.82) is 0 Å². The highest BCUT2D eigenvalue weighted by Gasteiger charge is 2.61. The van der Waals surface area contributed by atoms with E-state index >= 15 is 0 Å². The molecule has 3 fully saturated rings. The largest absolute Gasteiger partial charge is 0.425 e. The highest BCUT2D eigenvalue weighted by atomic mass is 32.2. The number of benzene rings is 2. The fraction of sp³-hybridized carbons (Fsp3) is 0.536. The molecule has 2 N–H and O–H groups in total. The van der Waals surface area contributed by atoms with Gasteiger partial charge in [0.15, 0.2) is 14.6 Å².